The highest BCUT2D eigenvalue weighted by Gasteiger charge is 2.03. The number of imidazole rings is 1. The number of hydrogen-bond donors (Lipinski definition) is 1. The van der Waals surface area contributed by atoms with E-state index >= 15 is 0 Å². The van der Waals surface area contributed by atoms with Crippen LogP contribution in [0.1, 0.15) is 19.2 Å². The summed E-state index contributed by atoms with van der Waals surface area (Å²) in [5.41, 5.74) is 1.92. The standard InChI is InChI=1S/C12H16N2O2/c1-3-6-16-8-12-13-10-5-4-9(15-2)7-11(10)14-12/h4-5,7H,3,6,8H2,1-2H3,(H,13,14). The smallest absolute Gasteiger partial charge is 0.133 e. The largest absolute Gasteiger partial charge is 0.497 e. The molecule has 1 heterocycles. The van der Waals surface area contributed by atoms with E-state index in [4.69, 9.17) is 9.47 Å². The second-order valence-electron chi connectivity index (χ2n) is 3.62. The second kappa shape index (κ2) is 4.99. The lowest BCUT2D eigenvalue weighted by Gasteiger charge is -1.97. The van der Waals surface area contributed by atoms with Crippen LogP contribution in [0.25, 0.3) is 11.0 Å². The van der Waals surface area contributed by atoms with Gasteiger partial charge in [-0.05, 0) is 18.6 Å². The molecule has 0 saturated heterocycles. The Morgan fingerprint density at radius 2 is 2.25 bits per heavy atom. The maximum Gasteiger partial charge on any atom is 0.133 e. The molecule has 2 rings (SSSR count). The van der Waals surface area contributed by atoms with Gasteiger partial charge in [0, 0.05) is 12.7 Å². The molecule has 0 amide bonds. The van der Waals surface area contributed by atoms with Gasteiger partial charge in [0.2, 0.25) is 0 Å². The number of rotatable bonds is 5. The first kappa shape index (κ1) is 11.0. The Kier molecular flexibility index (Phi) is 3.41. The van der Waals surface area contributed by atoms with Crippen LogP contribution >= 0.6 is 0 Å². The first-order chi connectivity index (χ1) is 7.83. The minimum atomic E-state index is 0.533. The van der Waals surface area contributed by atoms with Crippen LogP contribution in [0.3, 0.4) is 0 Å². The molecule has 2 aromatic rings. The number of H-pyrrole nitrogens is 1. The molecular weight excluding hydrogens is 204 g/mol. The second-order valence-corrected chi connectivity index (χ2v) is 3.62. The highest BCUT2D eigenvalue weighted by atomic mass is 16.5. The minimum Gasteiger partial charge on any atom is -0.497 e. The van der Waals surface area contributed by atoms with Crippen molar-refractivity contribution in [3.8, 4) is 5.75 Å². The van der Waals surface area contributed by atoms with Gasteiger partial charge in [-0.15, -0.1) is 0 Å². The van der Waals surface area contributed by atoms with Crippen molar-refractivity contribution in [3.05, 3.63) is 24.0 Å². The van der Waals surface area contributed by atoms with E-state index in [1.54, 1.807) is 7.11 Å². The predicted octanol–water partition coefficient (Wildman–Crippen LogP) is 2.50. The van der Waals surface area contributed by atoms with Crippen molar-refractivity contribution in [2.45, 2.75) is 20.0 Å². The van der Waals surface area contributed by atoms with Crippen molar-refractivity contribution in [1.82, 2.24) is 9.97 Å². The lowest BCUT2D eigenvalue weighted by molar-refractivity contribution is 0.117. The number of nitrogens with one attached hydrogen (secondary N) is 1. The molecule has 0 fully saturated rings. The van der Waals surface area contributed by atoms with Gasteiger partial charge in [-0.3, -0.25) is 0 Å². The monoisotopic (exact) mass is 220 g/mol. The van der Waals surface area contributed by atoms with Crippen molar-refractivity contribution in [1.29, 1.82) is 0 Å². The normalized spacial score (nSPS) is 10.9. The Labute approximate surface area is 94.6 Å². The number of aromatic amines is 1. The van der Waals surface area contributed by atoms with Crippen LogP contribution in [0.2, 0.25) is 0 Å². The van der Waals surface area contributed by atoms with Gasteiger partial charge < -0.3 is 14.5 Å². The van der Waals surface area contributed by atoms with E-state index in [1.165, 1.54) is 0 Å². The molecule has 4 heteroatoms. The van der Waals surface area contributed by atoms with Gasteiger partial charge in [0.15, 0.2) is 0 Å². The summed E-state index contributed by atoms with van der Waals surface area (Å²) in [6.45, 7) is 3.38. The van der Waals surface area contributed by atoms with E-state index < -0.39 is 0 Å². The Bertz CT molecular complexity index is 465. The Morgan fingerprint density at radius 1 is 1.38 bits per heavy atom. The third kappa shape index (κ3) is 2.33. The van der Waals surface area contributed by atoms with E-state index in [2.05, 4.69) is 16.9 Å². The number of aromatic nitrogens is 2. The van der Waals surface area contributed by atoms with Crippen molar-refractivity contribution in [2.24, 2.45) is 0 Å². The van der Waals surface area contributed by atoms with Gasteiger partial charge >= 0.3 is 0 Å². The summed E-state index contributed by atoms with van der Waals surface area (Å²) < 4.78 is 10.6. The molecule has 0 aliphatic carbocycles. The molecule has 0 saturated carbocycles. The highest BCUT2D eigenvalue weighted by Crippen LogP contribution is 2.18. The lowest BCUT2D eigenvalue weighted by atomic mass is 10.3. The van der Waals surface area contributed by atoms with Crippen molar-refractivity contribution in [2.75, 3.05) is 13.7 Å². The maximum absolute atomic E-state index is 5.43. The molecule has 0 atom stereocenters. The molecule has 16 heavy (non-hydrogen) atoms. The van der Waals surface area contributed by atoms with E-state index in [0.29, 0.717) is 6.61 Å². The third-order valence-corrected chi connectivity index (χ3v) is 2.33. The summed E-state index contributed by atoms with van der Waals surface area (Å²) in [7, 11) is 1.66. The summed E-state index contributed by atoms with van der Waals surface area (Å²) >= 11 is 0. The van der Waals surface area contributed by atoms with Crippen LogP contribution in [0.5, 0.6) is 5.75 Å². The number of ether oxygens (including phenoxy) is 2. The molecule has 0 spiro atoms. The van der Waals surface area contributed by atoms with Gasteiger partial charge in [-0.1, -0.05) is 6.92 Å². The molecule has 1 N–H and O–H groups in total. The van der Waals surface area contributed by atoms with Crippen LogP contribution in [0.15, 0.2) is 18.2 Å². The Balaban J connectivity index is 2.16. The molecule has 0 aliphatic rings. The zero-order valence-electron chi connectivity index (χ0n) is 9.62. The molecule has 0 unspecified atom stereocenters. The van der Waals surface area contributed by atoms with Gasteiger partial charge in [0.25, 0.3) is 0 Å². The van der Waals surface area contributed by atoms with Crippen LogP contribution < -0.4 is 4.74 Å². The van der Waals surface area contributed by atoms with E-state index in [9.17, 15) is 0 Å². The van der Waals surface area contributed by atoms with Crippen molar-refractivity contribution >= 4 is 11.0 Å². The number of nitrogens with zero attached hydrogens (tertiary/aromatic N) is 1. The van der Waals surface area contributed by atoms with Gasteiger partial charge in [0.05, 0.1) is 18.1 Å². The predicted molar refractivity (Wildman–Crippen MR) is 62.6 cm³/mol. The molecular formula is C12H16N2O2. The first-order valence-corrected chi connectivity index (χ1v) is 5.44. The maximum atomic E-state index is 5.43. The van der Waals surface area contributed by atoms with E-state index in [1.807, 2.05) is 18.2 Å². The van der Waals surface area contributed by atoms with Crippen LogP contribution in [-0.2, 0) is 11.3 Å². The molecule has 0 bridgehead atoms. The van der Waals surface area contributed by atoms with E-state index in [0.717, 1.165) is 35.6 Å². The summed E-state index contributed by atoms with van der Waals surface area (Å²) in [6.07, 6.45) is 1.02. The number of hydrogen-bond acceptors (Lipinski definition) is 3. The topological polar surface area (TPSA) is 47.1 Å². The average molecular weight is 220 g/mol. The number of methoxy groups -OCH3 is 1. The van der Waals surface area contributed by atoms with Crippen molar-refractivity contribution < 1.29 is 9.47 Å². The van der Waals surface area contributed by atoms with E-state index in [-0.39, 0.29) is 0 Å². The minimum absolute atomic E-state index is 0.533. The van der Waals surface area contributed by atoms with Crippen LogP contribution in [0.4, 0.5) is 0 Å². The highest BCUT2D eigenvalue weighted by molar-refractivity contribution is 5.76. The van der Waals surface area contributed by atoms with Gasteiger partial charge in [-0.25, -0.2) is 4.98 Å². The third-order valence-electron chi connectivity index (χ3n) is 2.33. The molecule has 86 valence electrons. The molecule has 4 nitrogen and oxygen atoms in total. The lowest BCUT2D eigenvalue weighted by Crippen LogP contribution is -1.95. The molecule has 0 aliphatic heterocycles. The average Bonchev–Trinajstić information content (AvgIpc) is 2.70. The number of fused-ring (bicyclic) bond motifs is 1. The fraction of sp³-hybridized carbons (Fsp3) is 0.417. The van der Waals surface area contributed by atoms with Gasteiger partial charge in [-0.2, -0.15) is 0 Å². The summed E-state index contributed by atoms with van der Waals surface area (Å²) in [5.74, 6) is 1.69. The number of benzene rings is 1. The van der Waals surface area contributed by atoms with Crippen LogP contribution in [-0.4, -0.2) is 23.7 Å². The zero-order chi connectivity index (χ0) is 11.4. The molecule has 1 aromatic carbocycles. The van der Waals surface area contributed by atoms with Crippen LogP contribution in [0, 0.1) is 0 Å². The summed E-state index contributed by atoms with van der Waals surface area (Å²) in [5, 5.41) is 0. The molecule has 1 aromatic heterocycles. The fourth-order valence-electron chi connectivity index (χ4n) is 1.55. The molecule has 0 radical (unpaired) electrons. The zero-order valence-corrected chi connectivity index (χ0v) is 9.62. The Morgan fingerprint density at radius 3 is 3.00 bits per heavy atom. The van der Waals surface area contributed by atoms with Crippen molar-refractivity contribution in [3.63, 3.8) is 0 Å². The Hall–Kier alpha value is -1.55. The SMILES string of the molecule is CCCOCc1nc2ccc(OC)cc2[nH]1. The van der Waals surface area contributed by atoms with Gasteiger partial charge in [0.1, 0.15) is 18.2 Å². The fourth-order valence-corrected chi connectivity index (χ4v) is 1.55. The quantitative estimate of drug-likeness (QED) is 0.787. The first-order valence-electron chi connectivity index (χ1n) is 5.44. The summed E-state index contributed by atoms with van der Waals surface area (Å²) in [6, 6.07) is 5.78. The summed E-state index contributed by atoms with van der Waals surface area (Å²) in [4.78, 5) is 7.64.